The van der Waals surface area contributed by atoms with Crippen LogP contribution in [0.15, 0.2) is 40.8 Å². The Labute approximate surface area is 119 Å². The number of furan rings is 1. The van der Waals surface area contributed by atoms with Crippen LogP contribution in [0.4, 0.5) is 0 Å². The van der Waals surface area contributed by atoms with Crippen molar-refractivity contribution in [3.8, 4) is 5.75 Å². The second-order valence-electron chi connectivity index (χ2n) is 4.63. The third-order valence-corrected chi connectivity index (χ3v) is 3.23. The first-order valence-electron chi connectivity index (χ1n) is 6.64. The van der Waals surface area contributed by atoms with Crippen LogP contribution < -0.4 is 10.1 Å². The van der Waals surface area contributed by atoms with E-state index in [2.05, 4.69) is 11.4 Å². The Morgan fingerprint density at radius 1 is 1.20 bits per heavy atom. The zero-order chi connectivity index (χ0) is 14.4. The summed E-state index contributed by atoms with van der Waals surface area (Å²) < 4.78 is 16.1. The summed E-state index contributed by atoms with van der Waals surface area (Å²) in [6.45, 7) is 0.496. The zero-order valence-electron chi connectivity index (χ0n) is 12.2. The van der Waals surface area contributed by atoms with Crippen molar-refractivity contribution >= 4 is 0 Å². The monoisotopic (exact) mass is 275 g/mol. The van der Waals surface area contributed by atoms with Gasteiger partial charge in [0.1, 0.15) is 23.9 Å². The summed E-state index contributed by atoms with van der Waals surface area (Å²) in [5.74, 6) is 2.63. The average Bonchev–Trinajstić information content (AvgIpc) is 2.94. The van der Waals surface area contributed by atoms with Crippen LogP contribution >= 0.6 is 0 Å². The summed E-state index contributed by atoms with van der Waals surface area (Å²) in [7, 11) is 5.27. The van der Waals surface area contributed by atoms with Crippen molar-refractivity contribution in [1.82, 2.24) is 5.32 Å². The Hall–Kier alpha value is -1.78. The van der Waals surface area contributed by atoms with E-state index in [0.29, 0.717) is 6.61 Å². The van der Waals surface area contributed by atoms with E-state index in [0.717, 1.165) is 23.7 Å². The van der Waals surface area contributed by atoms with Crippen molar-refractivity contribution in [2.24, 2.45) is 0 Å². The van der Waals surface area contributed by atoms with Gasteiger partial charge in [-0.2, -0.15) is 0 Å². The molecular formula is C16H21NO3. The highest BCUT2D eigenvalue weighted by Gasteiger charge is 2.14. The quantitative estimate of drug-likeness (QED) is 0.843. The molecule has 0 saturated heterocycles. The Morgan fingerprint density at radius 3 is 2.75 bits per heavy atom. The van der Waals surface area contributed by atoms with Gasteiger partial charge in [0.25, 0.3) is 0 Å². The molecule has 20 heavy (non-hydrogen) atoms. The van der Waals surface area contributed by atoms with Crippen LogP contribution in [0.25, 0.3) is 0 Å². The SMILES string of the molecule is CNC(Cc1cccc(OC)c1)c1ccc(COC)o1. The van der Waals surface area contributed by atoms with Crippen molar-refractivity contribution in [3.05, 3.63) is 53.5 Å². The van der Waals surface area contributed by atoms with E-state index in [1.54, 1.807) is 14.2 Å². The molecule has 2 rings (SSSR count). The Morgan fingerprint density at radius 2 is 2.05 bits per heavy atom. The number of likely N-dealkylation sites (N-methyl/N-ethyl adjacent to an activating group) is 1. The van der Waals surface area contributed by atoms with Crippen LogP contribution in [-0.4, -0.2) is 21.3 Å². The molecule has 108 valence electrons. The maximum atomic E-state index is 5.79. The fourth-order valence-electron chi connectivity index (χ4n) is 2.18. The molecule has 1 unspecified atom stereocenters. The molecule has 0 bridgehead atoms. The predicted molar refractivity (Wildman–Crippen MR) is 77.9 cm³/mol. The lowest BCUT2D eigenvalue weighted by atomic mass is 10.0. The number of benzene rings is 1. The van der Waals surface area contributed by atoms with E-state index in [9.17, 15) is 0 Å². The lowest BCUT2D eigenvalue weighted by molar-refractivity contribution is 0.161. The lowest BCUT2D eigenvalue weighted by Gasteiger charge is -2.14. The molecule has 1 heterocycles. The summed E-state index contributed by atoms with van der Waals surface area (Å²) in [5.41, 5.74) is 1.20. The minimum absolute atomic E-state index is 0.132. The number of nitrogens with one attached hydrogen (secondary N) is 1. The average molecular weight is 275 g/mol. The van der Waals surface area contributed by atoms with Gasteiger partial charge in [-0.3, -0.25) is 0 Å². The van der Waals surface area contributed by atoms with Gasteiger partial charge in [0.2, 0.25) is 0 Å². The lowest BCUT2D eigenvalue weighted by Crippen LogP contribution is -2.18. The van der Waals surface area contributed by atoms with Gasteiger partial charge in [0, 0.05) is 7.11 Å². The molecule has 0 fully saturated rings. The summed E-state index contributed by atoms with van der Waals surface area (Å²) in [5, 5.41) is 3.28. The van der Waals surface area contributed by atoms with E-state index in [-0.39, 0.29) is 6.04 Å². The largest absolute Gasteiger partial charge is 0.497 e. The van der Waals surface area contributed by atoms with Gasteiger partial charge in [-0.15, -0.1) is 0 Å². The van der Waals surface area contributed by atoms with E-state index in [4.69, 9.17) is 13.9 Å². The highest BCUT2D eigenvalue weighted by atomic mass is 16.5. The first kappa shape index (κ1) is 14.6. The molecule has 1 N–H and O–H groups in total. The van der Waals surface area contributed by atoms with Gasteiger partial charge in [-0.1, -0.05) is 12.1 Å². The zero-order valence-corrected chi connectivity index (χ0v) is 12.2. The van der Waals surface area contributed by atoms with Crippen molar-refractivity contribution in [1.29, 1.82) is 0 Å². The molecule has 1 aromatic heterocycles. The third kappa shape index (κ3) is 3.62. The molecule has 4 heteroatoms. The van der Waals surface area contributed by atoms with Gasteiger partial charge in [0.05, 0.1) is 13.2 Å². The Balaban J connectivity index is 2.10. The molecule has 4 nitrogen and oxygen atoms in total. The van der Waals surface area contributed by atoms with Gasteiger partial charge in [0.15, 0.2) is 0 Å². The topological polar surface area (TPSA) is 43.6 Å². The van der Waals surface area contributed by atoms with E-state index in [1.165, 1.54) is 5.56 Å². The second-order valence-corrected chi connectivity index (χ2v) is 4.63. The number of ether oxygens (including phenoxy) is 2. The van der Waals surface area contributed by atoms with Crippen LogP contribution in [0.2, 0.25) is 0 Å². The molecule has 0 aliphatic heterocycles. The molecule has 0 radical (unpaired) electrons. The van der Waals surface area contributed by atoms with E-state index >= 15 is 0 Å². The first-order valence-corrected chi connectivity index (χ1v) is 6.64. The standard InChI is InChI=1S/C16H21NO3/c1-17-15(16-8-7-14(20-16)11-18-2)10-12-5-4-6-13(9-12)19-3/h4-9,15,17H,10-11H2,1-3H3. The predicted octanol–water partition coefficient (Wildman–Crippen LogP) is 2.94. The summed E-state index contributed by atoms with van der Waals surface area (Å²) in [6.07, 6.45) is 0.841. The Kier molecular flexibility index (Phi) is 5.21. The first-order chi connectivity index (χ1) is 9.76. The van der Waals surface area contributed by atoms with Gasteiger partial charge >= 0.3 is 0 Å². The minimum atomic E-state index is 0.132. The number of hydrogen-bond donors (Lipinski definition) is 1. The highest BCUT2D eigenvalue weighted by Crippen LogP contribution is 2.23. The van der Waals surface area contributed by atoms with Gasteiger partial charge in [-0.25, -0.2) is 0 Å². The van der Waals surface area contributed by atoms with E-state index in [1.807, 2.05) is 37.4 Å². The number of rotatable bonds is 7. The summed E-state index contributed by atoms with van der Waals surface area (Å²) in [4.78, 5) is 0. The van der Waals surface area contributed by atoms with Crippen LogP contribution in [0, 0.1) is 0 Å². The second kappa shape index (κ2) is 7.12. The molecule has 0 aliphatic carbocycles. The number of methoxy groups -OCH3 is 2. The van der Waals surface area contributed by atoms with Crippen LogP contribution in [0.5, 0.6) is 5.75 Å². The van der Waals surface area contributed by atoms with Crippen molar-refractivity contribution < 1.29 is 13.9 Å². The Bertz CT molecular complexity index is 536. The smallest absolute Gasteiger partial charge is 0.129 e. The van der Waals surface area contributed by atoms with Crippen molar-refractivity contribution in [2.45, 2.75) is 19.1 Å². The minimum Gasteiger partial charge on any atom is -0.497 e. The molecule has 1 atom stereocenters. The maximum absolute atomic E-state index is 5.79. The van der Waals surface area contributed by atoms with Gasteiger partial charge < -0.3 is 19.2 Å². The number of hydrogen-bond acceptors (Lipinski definition) is 4. The molecule has 2 aromatic rings. The molecule has 0 aliphatic rings. The molecular weight excluding hydrogens is 254 g/mol. The fraction of sp³-hybridized carbons (Fsp3) is 0.375. The van der Waals surface area contributed by atoms with Crippen molar-refractivity contribution in [2.75, 3.05) is 21.3 Å². The van der Waals surface area contributed by atoms with Crippen LogP contribution in [0.3, 0.4) is 0 Å². The van der Waals surface area contributed by atoms with Crippen LogP contribution in [-0.2, 0) is 17.8 Å². The molecule has 0 amide bonds. The van der Waals surface area contributed by atoms with Gasteiger partial charge in [-0.05, 0) is 43.3 Å². The maximum Gasteiger partial charge on any atom is 0.129 e. The van der Waals surface area contributed by atoms with Crippen LogP contribution in [0.1, 0.15) is 23.1 Å². The molecule has 0 saturated carbocycles. The summed E-state index contributed by atoms with van der Waals surface area (Å²) in [6, 6.07) is 12.2. The molecule has 1 aromatic carbocycles. The van der Waals surface area contributed by atoms with E-state index < -0.39 is 0 Å². The fourth-order valence-corrected chi connectivity index (χ4v) is 2.18. The van der Waals surface area contributed by atoms with Crippen molar-refractivity contribution in [3.63, 3.8) is 0 Å². The molecule has 0 spiro atoms. The summed E-state index contributed by atoms with van der Waals surface area (Å²) >= 11 is 0. The third-order valence-electron chi connectivity index (χ3n) is 3.23. The normalized spacial score (nSPS) is 12.3. The highest BCUT2D eigenvalue weighted by molar-refractivity contribution is 5.29.